The number of pyridine rings is 1. The number of nitrogens with zero attached hydrogens (tertiary/aromatic N) is 2. The van der Waals surface area contributed by atoms with Crippen LogP contribution in [0.1, 0.15) is 15.4 Å². The highest BCUT2D eigenvalue weighted by Crippen LogP contribution is 2.10. The second-order valence-electron chi connectivity index (χ2n) is 3.58. The first-order valence-corrected chi connectivity index (χ1v) is 6.48. The number of amides is 1. The van der Waals surface area contributed by atoms with Gasteiger partial charge in [0.2, 0.25) is 0 Å². The normalized spacial score (nSPS) is 10.1. The Balaban J connectivity index is 1.91. The fourth-order valence-electron chi connectivity index (χ4n) is 1.54. The number of aromatic nitrogens is 2. The Kier molecular flexibility index (Phi) is 4.25. The van der Waals surface area contributed by atoms with E-state index in [1.165, 1.54) is 0 Å². The Morgan fingerprint density at radius 1 is 1.39 bits per heavy atom. The maximum Gasteiger partial charge on any atom is 0.255 e. The second kappa shape index (κ2) is 6.11. The molecule has 0 radical (unpaired) electrons. The molecular weight excluding hydrogens is 248 g/mol. The first-order chi connectivity index (χ1) is 8.81. The molecule has 6 heteroatoms. The van der Waals surface area contributed by atoms with Gasteiger partial charge in [0, 0.05) is 37.8 Å². The fourth-order valence-corrected chi connectivity index (χ4v) is 2.16. The van der Waals surface area contributed by atoms with Gasteiger partial charge in [0.1, 0.15) is 5.82 Å². The highest BCUT2D eigenvalue weighted by atomic mass is 32.1. The van der Waals surface area contributed by atoms with Gasteiger partial charge < -0.3 is 10.6 Å². The molecule has 0 bridgehead atoms. The number of hydrogen-bond acceptors (Lipinski definition) is 5. The van der Waals surface area contributed by atoms with Gasteiger partial charge >= 0.3 is 0 Å². The summed E-state index contributed by atoms with van der Waals surface area (Å²) in [5.41, 5.74) is 0.555. The summed E-state index contributed by atoms with van der Waals surface area (Å²) in [7, 11) is 1.74. The Hall–Kier alpha value is -1.95. The summed E-state index contributed by atoms with van der Waals surface area (Å²) in [6, 6.07) is 3.49. The van der Waals surface area contributed by atoms with E-state index in [9.17, 15) is 4.79 Å². The molecule has 2 aromatic heterocycles. The van der Waals surface area contributed by atoms with Gasteiger partial charge in [0.25, 0.3) is 5.91 Å². The van der Waals surface area contributed by atoms with Crippen LogP contribution in [-0.4, -0.2) is 29.5 Å². The third-order valence-electron chi connectivity index (χ3n) is 2.40. The molecule has 2 heterocycles. The number of rotatable bonds is 5. The number of nitrogens with one attached hydrogen (secondary N) is 2. The summed E-state index contributed by atoms with van der Waals surface area (Å²) in [6.07, 6.45) is 4.17. The van der Waals surface area contributed by atoms with Crippen molar-refractivity contribution in [2.24, 2.45) is 0 Å². The molecule has 0 unspecified atom stereocenters. The van der Waals surface area contributed by atoms with Crippen LogP contribution < -0.4 is 10.6 Å². The van der Waals surface area contributed by atoms with E-state index in [1.807, 2.05) is 5.38 Å². The zero-order valence-electron chi connectivity index (χ0n) is 10.0. The first kappa shape index (κ1) is 12.5. The molecule has 0 aliphatic carbocycles. The van der Waals surface area contributed by atoms with Crippen molar-refractivity contribution in [3.63, 3.8) is 0 Å². The minimum atomic E-state index is -0.121. The van der Waals surface area contributed by atoms with Gasteiger partial charge in [-0.1, -0.05) is 0 Å². The molecule has 0 saturated carbocycles. The van der Waals surface area contributed by atoms with Crippen LogP contribution in [0.2, 0.25) is 0 Å². The summed E-state index contributed by atoms with van der Waals surface area (Å²) in [6.45, 7) is 0.574. The number of carbonyl (C=O) groups is 1. The second-order valence-corrected chi connectivity index (χ2v) is 4.56. The van der Waals surface area contributed by atoms with Crippen molar-refractivity contribution < 1.29 is 4.79 Å². The molecule has 2 aromatic rings. The average molecular weight is 262 g/mol. The van der Waals surface area contributed by atoms with Crippen molar-refractivity contribution in [2.45, 2.75) is 6.42 Å². The zero-order valence-corrected chi connectivity index (χ0v) is 10.8. The van der Waals surface area contributed by atoms with Crippen molar-refractivity contribution >= 4 is 23.1 Å². The largest absolute Gasteiger partial charge is 0.372 e. The molecule has 2 N–H and O–H groups in total. The van der Waals surface area contributed by atoms with Crippen LogP contribution in [0.4, 0.5) is 5.82 Å². The summed E-state index contributed by atoms with van der Waals surface area (Å²) >= 11 is 1.59. The van der Waals surface area contributed by atoms with Crippen molar-refractivity contribution in [1.29, 1.82) is 0 Å². The molecule has 0 saturated heterocycles. The van der Waals surface area contributed by atoms with Crippen LogP contribution in [0.25, 0.3) is 0 Å². The van der Waals surface area contributed by atoms with Crippen LogP contribution in [0.3, 0.4) is 0 Å². The molecule has 0 aliphatic heterocycles. The Labute approximate surface area is 109 Å². The molecule has 0 aromatic carbocycles. The highest BCUT2D eigenvalue weighted by Gasteiger charge is 2.10. The van der Waals surface area contributed by atoms with Crippen LogP contribution in [-0.2, 0) is 6.42 Å². The third-order valence-corrected chi connectivity index (χ3v) is 3.24. The van der Waals surface area contributed by atoms with E-state index in [-0.39, 0.29) is 5.91 Å². The highest BCUT2D eigenvalue weighted by molar-refractivity contribution is 7.09. The standard InChI is InChI=1S/C12H14N4OS/c1-13-11-9(3-2-5-15-11)12(17)16-6-4-10-14-7-8-18-10/h2-3,5,7-8H,4,6H2,1H3,(H,13,15)(H,16,17). The van der Waals surface area contributed by atoms with E-state index in [1.54, 1.807) is 42.9 Å². The summed E-state index contributed by atoms with van der Waals surface area (Å²) in [4.78, 5) is 20.2. The zero-order chi connectivity index (χ0) is 12.8. The molecule has 0 spiro atoms. The topological polar surface area (TPSA) is 66.9 Å². The predicted molar refractivity (Wildman–Crippen MR) is 71.9 cm³/mol. The minimum absolute atomic E-state index is 0.121. The Morgan fingerprint density at radius 3 is 3.00 bits per heavy atom. The lowest BCUT2D eigenvalue weighted by atomic mass is 10.2. The molecule has 1 amide bonds. The van der Waals surface area contributed by atoms with Gasteiger partial charge in [-0.15, -0.1) is 11.3 Å². The quantitative estimate of drug-likeness (QED) is 0.858. The molecule has 94 valence electrons. The lowest BCUT2D eigenvalue weighted by Gasteiger charge is -2.07. The van der Waals surface area contributed by atoms with Crippen LogP contribution >= 0.6 is 11.3 Å². The first-order valence-electron chi connectivity index (χ1n) is 5.60. The monoisotopic (exact) mass is 262 g/mol. The van der Waals surface area contributed by atoms with E-state index in [0.717, 1.165) is 11.4 Å². The maximum absolute atomic E-state index is 11.9. The minimum Gasteiger partial charge on any atom is -0.372 e. The number of anilines is 1. The smallest absolute Gasteiger partial charge is 0.255 e. The van der Waals surface area contributed by atoms with E-state index >= 15 is 0 Å². The Bertz CT molecular complexity index is 513. The maximum atomic E-state index is 11.9. The van der Waals surface area contributed by atoms with Gasteiger partial charge in [0.15, 0.2) is 0 Å². The van der Waals surface area contributed by atoms with E-state index in [2.05, 4.69) is 20.6 Å². The van der Waals surface area contributed by atoms with Crippen LogP contribution in [0.5, 0.6) is 0 Å². The molecule has 0 fully saturated rings. The number of hydrogen-bond donors (Lipinski definition) is 2. The van der Waals surface area contributed by atoms with Gasteiger partial charge in [-0.25, -0.2) is 9.97 Å². The van der Waals surface area contributed by atoms with Gasteiger partial charge in [-0.3, -0.25) is 4.79 Å². The lowest BCUT2D eigenvalue weighted by molar-refractivity contribution is 0.0954. The number of thiazole rings is 1. The molecule has 2 rings (SSSR count). The van der Waals surface area contributed by atoms with Crippen molar-refractivity contribution in [3.05, 3.63) is 40.5 Å². The van der Waals surface area contributed by atoms with Gasteiger partial charge in [-0.05, 0) is 12.1 Å². The average Bonchev–Trinajstić information content (AvgIpc) is 2.91. The summed E-state index contributed by atoms with van der Waals surface area (Å²) in [5.74, 6) is 0.466. The summed E-state index contributed by atoms with van der Waals surface area (Å²) < 4.78 is 0. The Morgan fingerprint density at radius 2 is 2.28 bits per heavy atom. The molecule has 5 nitrogen and oxygen atoms in total. The van der Waals surface area contributed by atoms with E-state index in [0.29, 0.717) is 17.9 Å². The molecule has 0 atom stereocenters. The van der Waals surface area contributed by atoms with Crippen molar-refractivity contribution in [3.8, 4) is 0 Å². The van der Waals surface area contributed by atoms with E-state index in [4.69, 9.17) is 0 Å². The van der Waals surface area contributed by atoms with Crippen molar-refractivity contribution in [2.75, 3.05) is 18.9 Å². The van der Waals surface area contributed by atoms with Crippen molar-refractivity contribution in [1.82, 2.24) is 15.3 Å². The molecule has 18 heavy (non-hydrogen) atoms. The predicted octanol–water partition coefficient (Wildman–Crippen LogP) is 1.55. The summed E-state index contributed by atoms with van der Waals surface area (Å²) in [5, 5.41) is 8.71. The van der Waals surface area contributed by atoms with Crippen LogP contribution in [0, 0.1) is 0 Å². The third kappa shape index (κ3) is 3.04. The van der Waals surface area contributed by atoms with E-state index < -0.39 is 0 Å². The van der Waals surface area contributed by atoms with Gasteiger partial charge in [-0.2, -0.15) is 0 Å². The lowest BCUT2D eigenvalue weighted by Crippen LogP contribution is -2.26. The van der Waals surface area contributed by atoms with Crippen LogP contribution in [0.15, 0.2) is 29.9 Å². The van der Waals surface area contributed by atoms with Gasteiger partial charge in [0.05, 0.1) is 10.6 Å². The SMILES string of the molecule is CNc1ncccc1C(=O)NCCc1nccs1. The fraction of sp³-hybridized carbons (Fsp3) is 0.250. The molecule has 0 aliphatic rings. The molecular formula is C12H14N4OS. The number of carbonyl (C=O) groups excluding carboxylic acids is 1.